The molecule has 25 heavy (non-hydrogen) atoms. The van der Waals surface area contributed by atoms with Crippen LogP contribution >= 0.6 is 0 Å². The highest BCUT2D eigenvalue weighted by atomic mass is 32.3. The molecule has 3 atom stereocenters. The molecule has 12 nitrogen and oxygen atoms in total. The number of hydrazine groups is 1. The first-order valence-corrected chi connectivity index (χ1v) is 9.20. The van der Waals surface area contributed by atoms with E-state index in [1.54, 1.807) is 0 Å². The monoisotopic (exact) mass is 377 g/mol. The molecular formula is C12H19N5O7S. The number of carbonyl (C=O) groups is 3. The summed E-state index contributed by atoms with van der Waals surface area (Å²) in [7, 11) is -4.83. The van der Waals surface area contributed by atoms with Gasteiger partial charge in [0.2, 0.25) is 5.91 Å². The van der Waals surface area contributed by atoms with Crippen LogP contribution in [0.25, 0.3) is 0 Å². The van der Waals surface area contributed by atoms with Crippen LogP contribution in [0.4, 0.5) is 4.79 Å². The lowest BCUT2D eigenvalue weighted by molar-refractivity contribution is -0.133. The zero-order chi connectivity index (χ0) is 18.2. The minimum Gasteiger partial charge on any atom is -0.316 e. The molecular weight excluding hydrogens is 358 g/mol. The van der Waals surface area contributed by atoms with Gasteiger partial charge in [0.05, 0.1) is 12.0 Å². The largest absolute Gasteiger partial charge is 0.418 e. The molecule has 0 saturated carbocycles. The van der Waals surface area contributed by atoms with Crippen molar-refractivity contribution in [2.24, 2.45) is 5.92 Å². The molecule has 0 aliphatic carbocycles. The number of rotatable bonds is 4. The summed E-state index contributed by atoms with van der Waals surface area (Å²) < 4.78 is 34.7. The van der Waals surface area contributed by atoms with Gasteiger partial charge in [0.1, 0.15) is 6.04 Å². The van der Waals surface area contributed by atoms with Crippen LogP contribution in [0.1, 0.15) is 19.3 Å². The first-order valence-electron chi connectivity index (χ1n) is 7.83. The number of carbonyl (C=O) groups excluding carboxylic acids is 3. The van der Waals surface area contributed by atoms with Gasteiger partial charge in [-0.2, -0.15) is 13.5 Å². The molecule has 4 N–H and O–H groups in total. The van der Waals surface area contributed by atoms with Crippen LogP contribution in [-0.4, -0.2) is 72.5 Å². The van der Waals surface area contributed by atoms with Crippen LogP contribution < -0.4 is 16.2 Å². The van der Waals surface area contributed by atoms with Gasteiger partial charge in [-0.25, -0.2) is 4.79 Å². The Morgan fingerprint density at radius 1 is 1.20 bits per heavy atom. The Labute approximate surface area is 143 Å². The lowest BCUT2D eigenvalue weighted by Crippen LogP contribution is -2.55. The Bertz CT molecular complexity index is 677. The number of amides is 4. The van der Waals surface area contributed by atoms with Crippen LogP contribution in [0, 0.1) is 5.92 Å². The van der Waals surface area contributed by atoms with Crippen molar-refractivity contribution in [1.82, 2.24) is 26.1 Å². The van der Waals surface area contributed by atoms with Crippen molar-refractivity contribution in [3.63, 3.8) is 0 Å². The highest BCUT2D eigenvalue weighted by Gasteiger charge is 2.49. The van der Waals surface area contributed by atoms with Crippen LogP contribution in [0.3, 0.4) is 0 Å². The van der Waals surface area contributed by atoms with Gasteiger partial charge in [-0.1, -0.05) is 0 Å². The Hall–Kier alpha value is -1.96. The first kappa shape index (κ1) is 17.8. The molecule has 0 aromatic rings. The van der Waals surface area contributed by atoms with Gasteiger partial charge in [0.25, 0.3) is 5.91 Å². The third-order valence-corrected chi connectivity index (χ3v) is 4.89. The number of hydrogen-bond acceptors (Lipinski definition) is 7. The Kier molecular flexibility index (Phi) is 4.81. The van der Waals surface area contributed by atoms with Crippen LogP contribution in [-0.2, 0) is 24.3 Å². The fourth-order valence-corrected chi connectivity index (χ4v) is 3.68. The van der Waals surface area contributed by atoms with E-state index in [0.717, 1.165) is 11.4 Å². The summed E-state index contributed by atoms with van der Waals surface area (Å²) in [4.78, 5) is 37.5. The van der Waals surface area contributed by atoms with E-state index in [9.17, 15) is 22.8 Å². The van der Waals surface area contributed by atoms with Crippen molar-refractivity contribution in [3.05, 3.63) is 0 Å². The van der Waals surface area contributed by atoms with Crippen molar-refractivity contribution in [1.29, 1.82) is 0 Å². The molecule has 2 bridgehead atoms. The Balaban J connectivity index is 1.57. The van der Waals surface area contributed by atoms with Gasteiger partial charge in [-0.3, -0.25) is 25.0 Å². The Morgan fingerprint density at radius 2 is 1.92 bits per heavy atom. The Morgan fingerprint density at radius 3 is 2.56 bits per heavy atom. The molecule has 0 aromatic heterocycles. The van der Waals surface area contributed by atoms with E-state index in [1.165, 1.54) is 0 Å². The molecule has 0 aromatic carbocycles. The highest BCUT2D eigenvalue weighted by molar-refractivity contribution is 7.80. The summed E-state index contributed by atoms with van der Waals surface area (Å²) in [5.41, 5.74) is 4.66. The zero-order valence-electron chi connectivity index (χ0n) is 13.2. The second kappa shape index (κ2) is 6.74. The summed E-state index contributed by atoms with van der Waals surface area (Å²) in [5.74, 6) is -1.10. The average molecular weight is 377 g/mol. The summed E-state index contributed by atoms with van der Waals surface area (Å²) in [6.07, 6.45) is 1.27. The number of nitrogens with zero attached hydrogens (tertiary/aromatic N) is 2. The number of piperidine rings is 1. The SMILES string of the molecule is O=C(NNC(=O)[C@@H]1CC[C@@H]2CN1C(=O)N2OS(=O)(=O)O)C1CCNC1. The van der Waals surface area contributed by atoms with Crippen molar-refractivity contribution in [2.75, 3.05) is 19.6 Å². The van der Waals surface area contributed by atoms with Gasteiger partial charge in [0, 0.05) is 13.1 Å². The molecule has 0 radical (unpaired) electrons. The van der Waals surface area contributed by atoms with Crippen molar-refractivity contribution in [3.8, 4) is 0 Å². The van der Waals surface area contributed by atoms with E-state index >= 15 is 0 Å². The van der Waals surface area contributed by atoms with Gasteiger partial charge in [-0.05, 0) is 25.8 Å². The van der Waals surface area contributed by atoms with Crippen molar-refractivity contribution < 1.29 is 31.6 Å². The molecule has 3 fully saturated rings. The van der Waals surface area contributed by atoms with Crippen LogP contribution in [0.2, 0.25) is 0 Å². The predicted octanol–water partition coefficient (Wildman–Crippen LogP) is -2.25. The van der Waals surface area contributed by atoms with Gasteiger partial charge < -0.3 is 10.2 Å². The van der Waals surface area contributed by atoms with E-state index < -0.39 is 34.4 Å². The molecule has 3 aliphatic heterocycles. The maximum atomic E-state index is 12.3. The molecule has 4 amide bonds. The highest BCUT2D eigenvalue weighted by Crippen LogP contribution is 2.30. The first-order chi connectivity index (χ1) is 11.8. The minimum atomic E-state index is -4.83. The van der Waals surface area contributed by atoms with Crippen molar-refractivity contribution >= 4 is 28.2 Å². The molecule has 3 rings (SSSR count). The fraction of sp³-hybridized carbons (Fsp3) is 0.750. The molecule has 3 aliphatic rings. The number of fused-ring (bicyclic) bond motifs is 2. The standard InChI is InChI=1S/C12H19N5O7S/c18-10(7-3-4-13-5-7)14-15-11(19)9-2-1-8-6-16(9)12(20)17(8)24-25(21,22)23/h7-9,13H,1-6H2,(H,14,18)(H,15,19)(H,21,22,23)/t7?,8-,9+/m1/s1. The zero-order valence-corrected chi connectivity index (χ0v) is 14.0. The lowest BCUT2D eigenvalue weighted by atomic mass is 10.0. The van der Waals surface area contributed by atoms with E-state index in [4.69, 9.17) is 4.55 Å². The van der Waals surface area contributed by atoms with Crippen molar-refractivity contribution in [2.45, 2.75) is 31.3 Å². The van der Waals surface area contributed by atoms with E-state index in [0.29, 0.717) is 24.4 Å². The lowest BCUT2D eigenvalue weighted by Gasteiger charge is -2.29. The molecule has 13 heteroatoms. The average Bonchev–Trinajstić information content (AvgIpc) is 3.16. The third-order valence-electron chi connectivity index (χ3n) is 4.54. The second-order valence-electron chi connectivity index (χ2n) is 6.18. The van der Waals surface area contributed by atoms with E-state index in [2.05, 4.69) is 20.5 Å². The van der Waals surface area contributed by atoms with Gasteiger partial charge in [0.15, 0.2) is 0 Å². The van der Waals surface area contributed by atoms with Gasteiger partial charge >= 0.3 is 16.4 Å². The molecule has 3 heterocycles. The quantitative estimate of drug-likeness (QED) is 0.316. The molecule has 1 unspecified atom stereocenters. The summed E-state index contributed by atoms with van der Waals surface area (Å²) in [6, 6.07) is -2.26. The van der Waals surface area contributed by atoms with Gasteiger partial charge in [-0.15, -0.1) is 4.28 Å². The molecule has 3 saturated heterocycles. The molecule has 0 spiro atoms. The second-order valence-corrected chi connectivity index (χ2v) is 7.18. The van der Waals surface area contributed by atoms with Crippen LogP contribution in [0.15, 0.2) is 0 Å². The molecule has 140 valence electrons. The smallest absolute Gasteiger partial charge is 0.316 e. The summed E-state index contributed by atoms with van der Waals surface area (Å²) in [5, 5.41) is 3.60. The number of hydroxylamine groups is 2. The normalized spacial score (nSPS) is 29.0. The fourth-order valence-electron chi connectivity index (χ4n) is 3.29. The maximum absolute atomic E-state index is 12.3. The van der Waals surface area contributed by atoms with E-state index in [-0.39, 0.29) is 24.8 Å². The van der Waals surface area contributed by atoms with Crippen LogP contribution in [0.5, 0.6) is 0 Å². The topological polar surface area (TPSA) is 157 Å². The summed E-state index contributed by atoms with van der Waals surface area (Å²) in [6.45, 7) is 1.37. The van der Waals surface area contributed by atoms with E-state index in [1.807, 2.05) is 0 Å². The number of urea groups is 1. The number of nitrogens with one attached hydrogen (secondary N) is 3. The minimum absolute atomic E-state index is 0.0902. The third kappa shape index (κ3) is 3.84. The predicted molar refractivity (Wildman–Crippen MR) is 80.6 cm³/mol. The summed E-state index contributed by atoms with van der Waals surface area (Å²) >= 11 is 0. The number of hydrogen-bond donors (Lipinski definition) is 4. The maximum Gasteiger partial charge on any atom is 0.418 e.